The van der Waals surface area contributed by atoms with Gasteiger partial charge in [0.25, 0.3) is 0 Å². The van der Waals surface area contributed by atoms with Gasteiger partial charge < -0.3 is 13.9 Å². The van der Waals surface area contributed by atoms with Crippen molar-refractivity contribution in [3.63, 3.8) is 0 Å². The number of aryl methyl sites for hydroxylation is 2. The third-order valence-electron chi connectivity index (χ3n) is 2.80. The number of oxazole rings is 1. The van der Waals surface area contributed by atoms with E-state index in [4.69, 9.17) is 13.9 Å². The molecule has 20 heavy (non-hydrogen) atoms. The summed E-state index contributed by atoms with van der Waals surface area (Å²) in [6.45, 7) is 9.16. The molecule has 0 radical (unpaired) electrons. The molecule has 0 unspecified atom stereocenters. The highest BCUT2D eigenvalue weighted by Gasteiger charge is 2.16. The van der Waals surface area contributed by atoms with Crippen LogP contribution in [-0.4, -0.2) is 33.2 Å². The molecule has 0 aromatic carbocycles. The van der Waals surface area contributed by atoms with Crippen molar-refractivity contribution in [1.29, 1.82) is 0 Å². The first-order chi connectivity index (χ1) is 9.63. The van der Waals surface area contributed by atoms with Crippen molar-refractivity contribution in [3.8, 4) is 0 Å². The molecular formula is C13H20N4O3. The molecule has 0 atom stereocenters. The summed E-state index contributed by atoms with van der Waals surface area (Å²) in [5.74, 6) is 1.43. The van der Waals surface area contributed by atoms with Gasteiger partial charge in [-0.2, -0.15) is 0 Å². The van der Waals surface area contributed by atoms with Gasteiger partial charge >= 0.3 is 0 Å². The van der Waals surface area contributed by atoms with Crippen molar-refractivity contribution in [2.24, 2.45) is 0 Å². The standard InChI is InChI=1S/C13H20N4O3/c1-5-18-13(19-6-2)11-7-17(16-15-11)8-12-14-9(3)10(4)20-12/h7,13H,5-6,8H2,1-4H3. The average molecular weight is 280 g/mol. The third-order valence-corrected chi connectivity index (χ3v) is 2.80. The number of hydrogen-bond acceptors (Lipinski definition) is 6. The predicted molar refractivity (Wildman–Crippen MR) is 71.1 cm³/mol. The second kappa shape index (κ2) is 6.62. The number of ether oxygens (including phenoxy) is 2. The summed E-state index contributed by atoms with van der Waals surface area (Å²) in [6, 6.07) is 0. The van der Waals surface area contributed by atoms with E-state index in [2.05, 4.69) is 15.3 Å². The summed E-state index contributed by atoms with van der Waals surface area (Å²) in [5, 5.41) is 8.12. The summed E-state index contributed by atoms with van der Waals surface area (Å²) in [7, 11) is 0. The molecule has 7 heteroatoms. The monoisotopic (exact) mass is 280 g/mol. The molecule has 0 bridgehead atoms. The maximum Gasteiger partial charge on any atom is 0.216 e. The van der Waals surface area contributed by atoms with E-state index in [0.717, 1.165) is 11.5 Å². The second-order valence-corrected chi connectivity index (χ2v) is 4.33. The maximum atomic E-state index is 5.52. The van der Waals surface area contributed by atoms with Gasteiger partial charge in [0.05, 0.1) is 11.9 Å². The Labute approximate surface area is 117 Å². The van der Waals surface area contributed by atoms with Gasteiger partial charge in [-0.3, -0.25) is 0 Å². The maximum absolute atomic E-state index is 5.52. The lowest BCUT2D eigenvalue weighted by atomic mass is 10.4. The van der Waals surface area contributed by atoms with E-state index in [1.807, 2.05) is 27.7 Å². The van der Waals surface area contributed by atoms with E-state index in [0.29, 0.717) is 31.3 Å². The summed E-state index contributed by atoms with van der Waals surface area (Å²) >= 11 is 0. The van der Waals surface area contributed by atoms with Crippen LogP contribution in [0.4, 0.5) is 0 Å². The largest absolute Gasteiger partial charge is 0.444 e. The number of hydrogen-bond donors (Lipinski definition) is 0. The van der Waals surface area contributed by atoms with E-state index in [1.54, 1.807) is 10.9 Å². The second-order valence-electron chi connectivity index (χ2n) is 4.33. The molecule has 0 fully saturated rings. The van der Waals surface area contributed by atoms with Crippen LogP contribution in [0.2, 0.25) is 0 Å². The summed E-state index contributed by atoms with van der Waals surface area (Å²) in [5.41, 5.74) is 1.54. The molecule has 0 aliphatic heterocycles. The highest BCUT2D eigenvalue weighted by atomic mass is 16.7. The van der Waals surface area contributed by atoms with E-state index in [1.165, 1.54) is 0 Å². The number of aromatic nitrogens is 4. The van der Waals surface area contributed by atoms with E-state index in [9.17, 15) is 0 Å². The lowest BCUT2D eigenvalue weighted by molar-refractivity contribution is -0.142. The molecule has 0 N–H and O–H groups in total. The van der Waals surface area contributed by atoms with Gasteiger partial charge in [-0.05, 0) is 27.7 Å². The van der Waals surface area contributed by atoms with Gasteiger partial charge in [0.1, 0.15) is 18.0 Å². The van der Waals surface area contributed by atoms with Crippen LogP contribution in [0, 0.1) is 13.8 Å². The average Bonchev–Trinajstić information content (AvgIpc) is 2.98. The van der Waals surface area contributed by atoms with Crippen molar-refractivity contribution in [2.45, 2.75) is 40.5 Å². The van der Waals surface area contributed by atoms with Gasteiger partial charge in [-0.25, -0.2) is 9.67 Å². The molecule has 0 aliphatic rings. The Balaban J connectivity index is 2.07. The van der Waals surface area contributed by atoms with Crippen LogP contribution < -0.4 is 0 Å². The molecule has 2 aromatic rings. The fourth-order valence-electron chi connectivity index (χ4n) is 1.77. The van der Waals surface area contributed by atoms with Crippen LogP contribution >= 0.6 is 0 Å². The lowest BCUT2D eigenvalue weighted by Crippen LogP contribution is -2.09. The number of rotatable bonds is 7. The smallest absolute Gasteiger partial charge is 0.216 e. The van der Waals surface area contributed by atoms with Gasteiger partial charge in [0, 0.05) is 13.2 Å². The number of nitrogens with zero attached hydrogens (tertiary/aromatic N) is 4. The van der Waals surface area contributed by atoms with Gasteiger partial charge in [0.15, 0.2) is 0 Å². The summed E-state index contributed by atoms with van der Waals surface area (Å²) in [6.07, 6.45) is 1.30. The molecule has 0 spiro atoms. The van der Waals surface area contributed by atoms with Crippen LogP contribution in [-0.2, 0) is 16.0 Å². The Kier molecular flexibility index (Phi) is 4.86. The zero-order valence-corrected chi connectivity index (χ0v) is 12.3. The van der Waals surface area contributed by atoms with Crippen LogP contribution in [0.1, 0.15) is 43.2 Å². The Bertz CT molecular complexity index is 524. The van der Waals surface area contributed by atoms with Crippen molar-refractivity contribution in [1.82, 2.24) is 20.0 Å². The first-order valence-corrected chi connectivity index (χ1v) is 6.70. The van der Waals surface area contributed by atoms with Gasteiger partial charge in [-0.1, -0.05) is 5.21 Å². The van der Waals surface area contributed by atoms with E-state index in [-0.39, 0.29) is 0 Å². The quantitative estimate of drug-likeness (QED) is 0.722. The zero-order chi connectivity index (χ0) is 14.5. The first-order valence-electron chi connectivity index (χ1n) is 6.70. The molecule has 2 rings (SSSR count). The lowest BCUT2D eigenvalue weighted by Gasteiger charge is -2.13. The fraction of sp³-hybridized carbons (Fsp3) is 0.615. The molecule has 0 saturated heterocycles. The van der Waals surface area contributed by atoms with Crippen LogP contribution in [0.5, 0.6) is 0 Å². The summed E-state index contributed by atoms with van der Waals surface area (Å²) in [4.78, 5) is 4.31. The SMILES string of the molecule is CCOC(OCC)c1cn(Cc2nc(C)c(C)o2)nn1. The molecule has 0 amide bonds. The van der Waals surface area contributed by atoms with E-state index < -0.39 is 6.29 Å². The van der Waals surface area contributed by atoms with E-state index >= 15 is 0 Å². The fourth-order valence-corrected chi connectivity index (χ4v) is 1.77. The first kappa shape index (κ1) is 14.7. The normalized spacial score (nSPS) is 11.4. The van der Waals surface area contributed by atoms with Crippen LogP contribution in [0.15, 0.2) is 10.6 Å². The van der Waals surface area contributed by atoms with Crippen molar-refractivity contribution >= 4 is 0 Å². The Morgan fingerprint density at radius 3 is 2.50 bits per heavy atom. The molecule has 7 nitrogen and oxygen atoms in total. The minimum atomic E-state index is -0.480. The highest BCUT2D eigenvalue weighted by molar-refractivity contribution is 5.05. The minimum Gasteiger partial charge on any atom is -0.444 e. The minimum absolute atomic E-state index is 0.437. The molecule has 0 aliphatic carbocycles. The van der Waals surface area contributed by atoms with Crippen molar-refractivity contribution in [3.05, 3.63) is 29.2 Å². The Morgan fingerprint density at radius 1 is 1.25 bits per heavy atom. The zero-order valence-electron chi connectivity index (χ0n) is 12.3. The Morgan fingerprint density at radius 2 is 1.95 bits per heavy atom. The third kappa shape index (κ3) is 3.43. The molecule has 110 valence electrons. The topological polar surface area (TPSA) is 75.2 Å². The van der Waals surface area contributed by atoms with Crippen LogP contribution in [0.25, 0.3) is 0 Å². The Hall–Kier alpha value is -1.73. The van der Waals surface area contributed by atoms with Crippen molar-refractivity contribution < 1.29 is 13.9 Å². The highest BCUT2D eigenvalue weighted by Crippen LogP contribution is 2.16. The van der Waals surface area contributed by atoms with Gasteiger partial charge in [-0.15, -0.1) is 5.10 Å². The molecule has 0 saturated carbocycles. The van der Waals surface area contributed by atoms with Crippen molar-refractivity contribution in [2.75, 3.05) is 13.2 Å². The molecule has 2 aromatic heterocycles. The predicted octanol–water partition coefficient (Wildman–Crippen LogP) is 2.00. The van der Waals surface area contributed by atoms with Crippen LogP contribution in [0.3, 0.4) is 0 Å². The summed E-state index contributed by atoms with van der Waals surface area (Å²) < 4.78 is 18.1. The molecular weight excluding hydrogens is 260 g/mol. The molecule has 2 heterocycles. The van der Waals surface area contributed by atoms with Gasteiger partial charge in [0.2, 0.25) is 12.2 Å².